The van der Waals surface area contributed by atoms with Crippen molar-refractivity contribution in [1.29, 1.82) is 0 Å². The maximum atomic E-state index is 5.45. The summed E-state index contributed by atoms with van der Waals surface area (Å²) in [4.78, 5) is 8.84. The molecule has 0 bridgehead atoms. The van der Waals surface area contributed by atoms with Gasteiger partial charge in [0.2, 0.25) is 11.8 Å². The number of aromatic nitrogens is 2. The van der Waals surface area contributed by atoms with Crippen LogP contribution in [0.1, 0.15) is 51.1 Å². The summed E-state index contributed by atoms with van der Waals surface area (Å²) < 4.78 is 5.45. The summed E-state index contributed by atoms with van der Waals surface area (Å²) in [6, 6.07) is 2.39. The highest BCUT2D eigenvalue weighted by molar-refractivity contribution is 5.31. The molecule has 1 aliphatic carbocycles. The van der Waals surface area contributed by atoms with E-state index in [9.17, 15) is 0 Å². The van der Waals surface area contributed by atoms with Gasteiger partial charge < -0.3 is 10.1 Å². The molecule has 0 saturated heterocycles. The van der Waals surface area contributed by atoms with Gasteiger partial charge >= 0.3 is 0 Å². The molecule has 100 valence electrons. The van der Waals surface area contributed by atoms with Crippen molar-refractivity contribution < 1.29 is 4.74 Å². The molecule has 0 atom stereocenters. The van der Waals surface area contributed by atoms with E-state index in [1.165, 1.54) is 38.5 Å². The highest BCUT2D eigenvalue weighted by Crippen LogP contribution is 2.21. The van der Waals surface area contributed by atoms with Gasteiger partial charge in [0, 0.05) is 17.8 Å². The SMILES string of the molecule is CCOc1cc(C)nc(NC2CCCCCC2)n1. The molecule has 1 aromatic heterocycles. The van der Waals surface area contributed by atoms with Crippen LogP contribution in [0.2, 0.25) is 0 Å². The molecule has 1 N–H and O–H groups in total. The van der Waals surface area contributed by atoms with E-state index in [1.807, 2.05) is 19.9 Å². The van der Waals surface area contributed by atoms with E-state index in [1.54, 1.807) is 0 Å². The van der Waals surface area contributed by atoms with Gasteiger partial charge in [-0.3, -0.25) is 0 Å². The van der Waals surface area contributed by atoms with Crippen molar-refractivity contribution in [3.8, 4) is 5.88 Å². The Morgan fingerprint density at radius 2 is 1.94 bits per heavy atom. The first kappa shape index (κ1) is 13.1. The van der Waals surface area contributed by atoms with Gasteiger partial charge in [0.15, 0.2) is 0 Å². The Morgan fingerprint density at radius 1 is 1.22 bits per heavy atom. The zero-order chi connectivity index (χ0) is 12.8. The van der Waals surface area contributed by atoms with Crippen LogP contribution in [0.4, 0.5) is 5.95 Å². The van der Waals surface area contributed by atoms with Gasteiger partial charge in [-0.15, -0.1) is 0 Å². The fourth-order valence-corrected chi connectivity index (χ4v) is 2.43. The minimum Gasteiger partial charge on any atom is -0.478 e. The summed E-state index contributed by atoms with van der Waals surface area (Å²) in [6.45, 7) is 4.58. The van der Waals surface area contributed by atoms with E-state index < -0.39 is 0 Å². The second kappa shape index (κ2) is 6.57. The lowest BCUT2D eigenvalue weighted by Crippen LogP contribution is -2.20. The van der Waals surface area contributed by atoms with Crippen LogP contribution in [0.25, 0.3) is 0 Å². The Labute approximate surface area is 109 Å². The van der Waals surface area contributed by atoms with Gasteiger partial charge in [0.1, 0.15) is 0 Å². The topological polar surface area (TPSA) is 47.0 Å². The Kier molecular flexibility index (Phi) is 4.79. The third-order valence-corrected chi connectivity index (χ3v) is 3.31. The van der Waals surface area contributed by atoms with Gasteiger partial charge in [-0.2, -0.15) is 4.98 Å². The predicted molar refractivity (Wildman–Crippen MR) is 73.1 cm³/mol. The summed E-state index contributed by atoms with van der Waals surface area (Å²) in [6.07, 6.45) is 7.78. The van der Waals surface area contributed by atoms with Crippen LogP contribution in [0.15, 0.2) is 6.07 Å². The van der Waals surface area contributed by atoms with Gasteiger partial charge in [0.05, 0.1) is 6.61 Å². The quantitative estimate of drug-likeness (QED) is 0.832. The Morgan fingerprint density at radius 3 is 2.61 bits per heavy atom. The van der Waals surface area contributed by atoms with Crippen LogP contribution >= 0.6 is 0 Å². The molecule has 1 aromatic rings. The molecule has 0 amide bonds. The molecule has 18 heavy (non-hydrogen) atoms. The average Bonchev–Trinajstić information content (AvgIpc) is 2.57. The fourth-order valence-electron chi connectivity index (χ4n) is 2.43. The van der Waals surface area contributed by atoms with E-state index in [0.717, 1.165) is 5.69 Å². The highest BCUT2D eigenvalue weighted by atomic mass is 16.5. The lowest BCUT2D eigenvalue weighted by Gasteiger charge is -2.16. The van der Waals surface area contributed by atoms with Crippen molar-refractivity contribution >= 4 is 5.95 Å². The van der Waals surface area contributed by atoms with Crippen molar-refractivity contribution in [2.24, 2.45) is 0 Å². The molecule has 0 unspecified atom stereocenters. The van der Waals surface area contributed by atoms with Gasteiger partial charge in [-0.05, 0) is 26.7 Å². The average molecular weight is 249 g/mol. The Balaban J connectivity index is 2.02. The number of nitrogens with zero attached hydrogens (tertiary/aromatic N) is 2. The number of hydrogen-bond acceptors (Lipinski definition) is 4. The molecule has 0 aromatic carbocycles. The number of nitrogens with one attached hydrogen (secondary N) is 1. The summed E-state index contributed by atoms with van der Waals surface area (Å²) in [5.41, 5.74) is 0.949. The third kappa shape index (κ3) is 3.86. The highest BCUT2D eigenvalue weighted by Gasteiger charge is 2.13. The van der Waals surface area contributed by atoms with Crippen LogP contribution in [0.5, 0.6) is 5.88 Å². The molecule has 0 radical (unpaired) electrons. The largest absolute Gasteiger partial charge is 0.478 e. The monoisotopic (exact) mass is 249 g/mol. The van der Waals surface area contributed by atoms with Crippen molar-refractivity contribution in [2.45, 2.75) is 58.4 Å². The molecule has 1 saturated carbocycles. The lowest BCUT2D eigenvalue weighted by atomic mass is 10.1. The van der Waals surface area contributed by atoms with Crippen molar-refractivity contribution in [3.63, 3.8) is 0 Å². The van der Waals surface area contributed by atoms with Crippen molar-refractivity contribution in [1.82, 2.24) is 9.97 Å². The van der Waals surface area contributed by atoms with E-state index in [0.29, 0.717) is 24.5 Å². The summed E-state index contributed by atoms with van der Waals surface area (Å²) in [7, 11) is 0. The number of rotatable bonds is 4. The molecule has 0 spiro atoms. The second-order valence-corrected chi connectivity index (χ2v) is 4.94. The summed E-state index contributed by atoms with van der Waals surface area (Å²) in [5, 5.41) is 3.46. The van der Waals surface area contributed by atoms with E-state index in [2.05, 4.69) is 15.3 Å². The Bertz CT molecular complexity index is 373. The summed E-state index contributed by atoms with van der Waals surface area (Å²) >= 11 is 0. The minimum absolute atomic E-state index is 0.517. The van der Waals surface area contributed by atoms with Crippen molar-refractivity contribution in [2.75, 3.05) is 11.9 Å². The molecule has 1 aliphatic rings. The normalized spacial score (nSPS) is 17.2. The number of hydrogen-bond donors (Lipinski definition) is 1. The lowest BCUT2D eigenvalue weighted by molar-refractivity contribution is 0.326. The number of aryl methyl sites for hydroxylation is 1. The molecule has 0 aliphatic heterocycles. The smallest absolute Gasteiger partial charge is 0.226 e. The number of anilines is 1. The Hall–Kier alpha value is -1.32. The van der Waals surface area contributed by atoms with Crippen LogP contribution in [0.3, 0.4) is 0 Å². The first-order valence-electron chi connectivity index (χ1n) is 7.03. The van der Waals surface area contributed by atoms with Crippen LogP contribution in [-0.4, -0.2) is 22.6 Å². The maximum absolute atomic E-state index is 5.45. The standard InChI is InChI=1S/C14H23N3O/c1-3-18-13-10-11(2)15-14(17-13)16-12-8-6-4-5-7-9-12/h10,12H,3-9H2,1-2H3,(H,15,16,17). The first-order chi connectivity index (χ1) is 8.78. The fraction of sp³-hybridized carbons (Fsp3) is 0.714. The zero-order valence-electron chi connectivity index (χ0n) is 11.4. The van der Waals surface area contributed by atoms with Crippen molar-refractivity contribution in [3.05, 3.63) is 11.8 Å². The predicted octanol–water partition coefficient (Wildman–Crippen LogP) is 3.32. The zero-order valence-corrected chi connectivity index (χ0v) is 11.4. The van der Waals surface area contributed by atoms with Crippen LogP contribution in [0, 0.1) is 6.92 Å². The van der Waals surface area contributed by atoms with Gasteiger partial charge in [-0.1, -0.05) is 25.7 Å². The molecule has 4 heteroatoms. The molecule has 1 fully saturated rings. The van der Waals surface area contributed by atoms with E-state index in [4.69, 9.17) is 4.74 Å². The molecular formula is C14H23N3O. The molecular weight excluding hydrogens is 226 g/mol. The summed E-state index contributed by atoms with van der Waals surface area (Å²) in [5.74, 6) is 1.38. The maximum Gasteiger partial charge on any atom is 0.226 e. The van der Waals surface area contributed by atoms with E-state index >= 15 is 0 Å². The molecule has 2 rings (SSSR count). The minimum atomic E-state index is 0.517. The first-order valence-corrected chi connectivity index (χ1v) is 7.03. The molecule has 4 nitrogen and oxygen atoms in total. The third-order valence-electron chi connectivity index (χ3n) is 3.31. The number of ether oxygens (including phenoxy) is 1. The van der Waals surface area contributed by atoms with Crippen LogP contribution < -0.4 is 10.1 Å². The van der Waals surface area contributed by atoms with Gasteiger partial charge in [0.25, 0.3) is 0 Å². The molecule has 1 heterocycles. The van der Waals surface area contributed by atoms with Gasteiger partial charge in [-0.25, -0.2) is 4.98 Å². The van der Waals surface area contributed by atoms with E-state index in [-0.39, 0.29) is 0 Å². The van der Waals surface area contributed by atoms with Crippen LogP contribution in [-0.2, 0) is 0 Å². The second-order valence-electron chi connectivity index (χ2n) is 4.94.